The van der Waals surface area contributed by atoms with Crippen LogP contribution >= 0.6 is 0 Å². The van der Waals surface area contributed by atoms with Crippen molar-refractivity contribution in [2.45, 2.75) is 19.9 Å². The van der Waals surface area contributed by atoms with Gasteiger partial charge in [0.2, 0.25) is 5.91 Å². The maximum Gasteiger partial charge on any atom is 0.225 e. The zero-order chi connectivity index (χ0) is 15.1. The molecule has 1 aromatic heterocycles. The molecule has 2 N–H and O–H groups in total. The Balaban J connectivity index is 1.77. The number of nitrogens with one attached hydrogen (secondary N) is 2. The molecule has 5 heteroatoms. The molecule has 2 aromatic rings. The first-order valence-electron chi connectivity index (χ1n) is 6.86. The van der Waals surface area contributed by atoms with E-state index in [9.17, 15) is 4.79 Å². The Morgan fingerprint density at radius 2 is 2.19 bits per heavy atom. The topological polar surface area (TPSA) is 63.5 Å². The van der Waals surface area contributed by atoms with Gasteiger partial charge < -0.3 is 19.8 Å². The van der Waals surface area contributed by atoms with E-state index in [-0.39, 0.29) is 5.91 Å². The van der Waals surface area contributed by atoms with Crippen LogP contribution in [0.2, 0.25) is 0 Å². The van der Waals surface area contributed by atoms with Crippen LogP contribution in [0.1, 0.15) is 17.7 Å². The molecule has 112 valence electrons. The van der Waals surface area contributed by atoms with Crippen LogP contribution < -0.4 is 15.4 Å². The maximum absolute atomic E-state index is 11.9. The molecule has 0 aliphatic carbocycles. The highest BCUT2D eigenvalue weighted by atomic mass is 16.5. The van der Waals surface area contributed by atoms with E-state index in [0.29, 0.717) is 30.9 Å². The molecule has 1 heterocycles. The molecule has 0 aliphatic rings. The summed E-state index contributed by atoms with van der Waals surface area (Å²) in [5, 5.41) is 6.03. The molecule has 0 atom stereocenters. The highest BCUT2D eigenvalue weighted by Crippen LogP contribution is 2.25. The third-order valence-corrected chi connectivity index (χ3v) is 3.04. The molecule has 0 radical (unpaired) electrons. The standard InChI is InChI=1S/C16H20N2O3/c1-12-5-6-15(20-2)14(10-12)18-16(19)7-8-17-11-13-4-3-9-21-13/h3-6,9-10,17H,7-8,11H2,1-2H3,(H,18,19). The van der Waals surface area contributed by atoms with Gasteiger partial charge in [0.15, 0.2) is 0 Å². The maximum atomic E-state index is 11.9. The Kier molecular flexibility index (Phi) is 5.40. The predicted molar refractivity (Wildman–Crippen MR) is 81.4 cm³/mol. The number of rotatable bonds is 7. The Hall–Kier alpha value is -2.27. The van der Waals surface area contributed by atoms with Gasteiger partial charge in [-0.1, -0.05) is 6.07 Å². The van der Waals surface area contributed by atoms with E-state index >= 15 is 0 Å². The zero-order valence-corrected chi connectivity index (χ0v) is 12.3. The summed E-state index contributed by atoms with van der Waals surface area (Å²) in [5.41, 5.74) is 1.77. The molecule has 0 spiro atoms. The van der Waals surface area contributed by atoms with Crippen molar-refractivity contribution in [3.05, 3.63) is 47.9 Å². The highest BCUT2D eigenvalue weighted by molar-refractivity contribution is 5.92. The lowest BCUT2D eigenvalue weighted by atomic mass is 10.2. The zero-order valence-electron chi connectivity index (χ0n) is 12.3. The second-order valence-electron chi connectivity index (χ2n) is 4.76. The van der Waals surface area contributed by atoms with E-state index in [1.807, 2.05) is 37.3 Å². The summed E-state index contributed by atoms with van der Waals surface area (Å²) in [5.74, 6) is 1.47. The molecule has 0 bridgehead atoms. The average Bonchev–Trinajstić information content (AvgIpc) is 2.97. The van der Waals surface area contributed by atoms with E-state index < -0.39 is 0 Å². The number of hydrogen-bond acceptors (Lipinski definition) is 4. The van der Waals surface area contributed by atoms with Gasteiger partial charge in [0, 0.05) is 13.0 Å². The fourth-order valence-electron chi connectivity index (χ4n) is 1.96. The number of carbonyl (C=O) groups is 1. The van der Waals surface area contributed by atoms with Crippen molar-refractivity contribution in [3.8, 4) is 5.75 Å². The Bertz CT molecular complexity index is 579. The van der Waals surface area contributed by atoms with Crippen molar-refractivity contribution in [2.24, 2.45) is 0 Å². The van der Waals surface area contributed by atoms with Crippen LogP contribution in [0.5, 0.6) is 5.75 Å². The lowest BCUT2D eigenvalue weighted by molar-refractivity contribution is -0.116. The van der Waals surface area contributed by atoms with E-state index in [4.69, 9.17) is 9.15 Å². The third kappa shape index (κ3) is 4.65. The molecule has 2 rings (SSSR count). The van der Waals surface area contributed by atoms with Gasteiger partial charge in [-0.15, -0.1) is 0 Å². The second-order valence-corrected chi connectivity index (χ2v) is 4.76. The van der Waals surface area contributed by atoms with Crippen LogP contribution in [0.25, 0.3) is 0 Å². The van der Waals surface area contributed by atoms with Gasteiger partial charge in [-0.2, -0.15) is 0 Å². The molecule has 5 nitrogen and oxygen atoms in total. The van der Waals surface area contributed by atoms with Crippen LogP contribution in [0.4, 0.5) is 5.69 Å². The van der Waals surface area contributed by atoms with E-state index in [2.05, 4.69) is 10.6 Å². The molecular weight excluding hydrogens is 268 g/mol. The summed E-state index contributed by atoms with van der Waals surface area (Å²) in [7, 11) is 1.59. The van der Waals surface area contributed by atoms with E-state index in [0.717, 1.165) is 11.3 Å². The SMILES string of the molecule is COc1ccc(C)cc1NC(=O)CCNCc1ccco1. The summed E-state index contributed by atoms with van der Waals surface area (Å²) in [6.45, 7) is 3.18. The summed E-state index contributed by atoms with van der Waals surface area (Å²) in [6.07, 6.45) is 2.02. The van der Waals surface area contributed by atoms with Gasteiger partial charge in [0.1, 0.15) is 11.5 Å². The average molecular weight is 288 g/mol. The Morgan fingerprint density at radius 1 is 1.33 bits per heavy atom. The smallest absolute Gasteiger partial charge is 0.225 e. The first-order valence-corrected chi connectivity index (χ1v) is 6.86. The van der Waals surface area contributed by atoms with Crippen LogP contribution in [-0.2, 0) is 11.3 Å². The van der Waals surface area contributed by atoms with Gasteiger partial charge in [0.25, 0.3) is 0 Å². The van der Waals surface area contributed by atoms with Gasteiger partial charge in [-0.05, 0) is 36.8 Å². The minimum absolute atomic E-state index is 0.0501. The summed E-state index contributed by atoms with van der Waals surface area (Å²) < 4.78 is 10.4. The molecule has 0 saturated heterocycles. The van der Waals surface area contributed by atoms with Crippen molar-refractivity contribution in [1.29, 1.82) is 0 Å². The molecule has 0 aliphatic heterocycles. The number of carbonyl (C=O) groups excluding carboxylic acids is 1. The van der Waals surface area contributed by atoms with Crippen molar-refractivity contribution in [1.82, 2.24) is 5.32 Å². The number of methoxy groups -OCH3 is 1. The van der Waals surface area contributed by atoms with Crippen LogP contribution in [0, 0.1) is 6.92 Å². The monoisotopic (exact) mass is 288 g/mol. The number of furan rings is 1. The van der Waals surface area contributed by atoms with Crippen molar-refractivity contribution in [2.75, 3.05) is 19.0 Å². The molecule has 1 aromatic carbocycles. The van der Waals surface area contributed by atoms with Crippen molar-refractivity contribution < 1.29 is 13.9 Å². The summed E-state index contributed by atoms with van der Waals surface area (Å²) in [4.78, 5) is 11.9. The highest BCUT2D eigenvalue weighted by Gasteiger charge is 2.07. The number of amides is 1. The third-order valence-electron chi connectivity index (χ3n) is 3.04. The van der Waals surface area contributed by atoms with Gasteiger partial charge >= 0.3 is 0 Å². The minimum atomic E-state index is -0.0501. The first-order chi connectivity index (χ1) is 10.2. The molecule has 0 fully saturated rings. The molecule has 1 amide bonds. The molecule has 0 unspecified atom stereocenters. The fourth-order valence-corrected chi connectivity index (χ4v) is 1.96. The van der Waals surface area contributed by atoms with Gasteiger partial charge in [-0.3, -0.25) is 4.79 Å². The molecular formula is C16H20N2O3. The van der Waals surface area contributed by atoms with Crippen molar-refractivity contribution >= 4 is 11.6 Å². The quantitative estimate of drug-likeness (QED) is 0.769. The lowest BCUT2D eigenvalue weighted by Gasteiger charge is -2.11. The van der Waals surface area contributed by atoms with Crippen molar-refractivity contribution in [3.63, 3.8) is 0 Å². The number of aryl methyl sites for hydroxylation is 1. The minimum Gasteiger partial charge on any atom is -0.495 e. The number of anilines is 1. The van der Waals surface area contributed by atoms with Crippen LogP contribution in [-0.4, -0.2) is 19.6 Å². The van der Waals surface area contributed by atoms with E-state index in [1.165, 1.54) is 0 Å². The van der Waals surface area contributed by atoms with E-state index in [1.54, 1.807) is 13.4 Å². The summed E-state index contributed by atoms with van der Waals surface area (Å²) >= 11 is 0. The second kappa shape index (κ2) is 7.50. The Morgan fingerprint density at radius 3 is 2.90 bits per heavy atom. The number of benzene rings is 1. The van der Waals surface area contributed by atoms with Crippen LogP contribution in [0.3, 0.4) is 0 Å². The van der Waals surface area contributed by atoms with Gasteiger partial charge in [0.05, 0.1) is 25.6 Å². The first kappa shape index (κ1) is 15.1. The molecule has 21 heavy (non-hydrogen) atoms. The molecule has 0 saturated carbocycles. The lowest BCUT2D eigenvalue weighted by Crippen LogP contribution is -2.21. The number of hydrogen-bond donors (Lipinski definition) is 2. The Labute approximate surface area is 124 Å². The largest absolute Gasteiger partial charge is 0.495 e. The number of ether oxygens (including phenoxy) is 1. The fraction of sp³-hybridized carbons (Fsp3) is 0.312. The van der Waals surface area contributed by atoms with Gasteiger partial charge in [-0.25, -0.2) is 0 Å². The predicted octanol–water partition coefficient (Wildman–Crippen LogP) is 2.72. The normalized spacial score (nSPS) is 10.4. The van der Waals surface area contributed by atoms with Crippen LogP contribution in [0.15, 0.2) is 41.0 Å². The summed E-state index contributed by atoms with van der Waals surface area (Å²) in [6, 6.07) is 9.42.